The first-order chi connectivity index (χ1) is 16.1. The van der Waals surface area contributed by atoms with Gasteiger partial charge in [0.25, 0.3) is 0 Å². The van der Waals surface area contributed by atoms with Gasteiger partial charge >= 0.3 is 0 Å². The van der Waals surface area contributed by atoms with Gasteiger partial charge in [-0.1, -0.05) is 6.07 Å². The van der Waals surface area contributed by atoms with E-state index in [4.69, 9.17) is 0 Å². The van der Waals surface area contributed by atoms with Crippen LogP contribution in [0.1, 0.15) is 64.9 Å². The molecule has 0 radical (unpaired) electrons. The molecule has 0 unspecified atom stereocenters. The van der Waals surface area contributed by atoms with E-state index in [1.165, 1.54) is 24.6 Å². The lowest BCUT2D eigenvalue weighted by molar-refractivity contribution is -0.00778. The van der Waals surface area contributed by atoms with Gasteiger partial charge < -0.3 is 10.6 Å². The summed E-state index contributed by atoms with van der Waals surface area (Å²) in [6.07, 6.45) is 6.91. The Balaban J connectivity index is 1.37. The summed E-state index contributed by atoms with van der Waals surface area (Å²) >= 11 is 0. The van der Waals surface area contributed by atoms with Crippen molar-refractivity contribution in [2.45, 2.75) is 76.4 Å². The van der Waals surface area contributed by atoms with Gasteiger partial charge in [0, 0.05) is 22.8 Å². The Morgan fingerprint density at radius 2 is 1.82 bits per heavy atom. The molecule has 1 aromatic carbocycles. The highest BCUT2D eigenvalue weighted by molar-refractivity contribution is 5.61. The van der Waals surface area contributed by atoms with Crippen LogP contribution < -0.4 is 10.6 Å². The van der Waals surface area contributed by atoms with Crippen LogP contribution in [0.5, 0.6) is 0 Å². The molecule has 0 bridgehead atoms. The van der Waals surface area contributed by atoms with Crippen LogP contribution in [-0.4, -0.2) is 59.2 Å². The summed E-state index contributed by atoms with van der Waals surface area (Å²) in [4.78, 5) is 11.0. The van der Waals surface area contributed by atoms with Gasteiger partial charge in [0.2, 0.25) is 5.95 Å². The number of benzene rings is 1. The number of hydrogen-bond acceptors (Lipinski definition) is 8. The average Bonchev–Trinajstić information content (AvgIpc) is 3.47. The van der Waals surface area contributed by atoms with Gasteiger partial charge in [-0.3, -0.25) is 4.90 Å². The maximum atomic E-state index is 14.7. The van der Waals surface area contributed by atoms with Gasteiger partial charge in [0.05, 0.1) is 11.9 Å². The number of halogens is 1. The van der Waals surface area contributed by atoms with Crippen LogP contribution in [-0.2, 0) is 0 Å². The molecule has 2 aromatic heterocycles. The van der Waals surface area contributed by atoms with Crippen LogP contribution in [0.4, 0.5) is 21.8 Å². The quantitative estimate of drug-likeness (QED) is 0.557. The summed E-state index contributed by atoms with van der Waals surface area (Å²) in [7, 11) is 2.15. The van der Waals surface area contributed by atoms with Crippen molar-refractivity contribution >= 4 is 17.5 Å². The van der Waals surface area contributed by atoms with Crippen molar-refractivity contribution in [2.24, 2.45) is 0 Å². The van der Waals surface area contributed by atoms with Crippen molar-refractivity contribution in [3.63, 3.8) is 0 Å². The molecule has 0 atom stereocenters. The molecule has 3 heterocycles. The maximum Gasteiger partial charge on any atom is 0.229 e. The molecule has 2 aliphatic rings. The lowest BCUT2D eigenvalue weighted by Crippen LogP contribution is -2.61. The molecule has 5 rings (SSSR count). The molecule has 1 aliphatic heterocycles. The highest BCUT2D eigenvalue weighted by Gasteiger charge is 2.43. The lowest BCUT2D eigenvalue weighted by Gasteiger charge is -2.53. The third-order valence-electron chi connectivity index (χ3n) is 7.29. The molecule has 1 saturated heterocycles. The molecule has 2 fully saturated rings. The SMILES string of the molecule is CN1C(C)(C)CC(Nc2nc(Nc3ccc(C4CC4)c(-n4cnnn4)c3)ncc2F)CC1(C)C. The second kappa shape index (κ2) is 8.26. The van der Waals surface area contributed by atoms with E-state index in [9.17, 15) is 4.39 Å². The van der Waals surface area contributed by atoms with Gasteiger partial charge in [-0.15, -0.1) is 5.10 Å². The normalized spacial score (nSPS) is 20.3. The zero-order valence-corrected chi connectivity index (χ0v) is 20.4. The standard InChI is InChI=1S/C24H32FN9/c1-23(2)11-17(12-24(3,4)33(23)5)28-21-19(25)13-26-22(30-21)29-16-8-9-18(15-6-7-15)20(10-16)34-14-27-31-32-34/h8-10,13-15,17H,6-7,11-12H2,1-5H3,(H2,26,28,29,30). The van der Waals surface area contributed by atoms with Crippen LogP contribution in [0.2, 0.25) is 0 Å². The molecular weight excluding hydrogens is 433 g/mol. The molecular formula is C24H32FN9. The Kier molecular flexibility index (Phi) is 5.50. The number of anilines is 3. The third-order valence-corrected chi connectivity index (χ3v) is 7.29. The highest BCUT2D eigenvalue weighted by atomic mass is 19.1. The van der Waals surface area contributed by atoms with E-state index in [2.05, 4.69) is 81.8 Å². The molecule has 0 spiro atoms. The summed E-state index contributed by atoms with van der Waals surface area (Å²) in [6.45, 7) is 8.89. The third kappa shape index (κ3) is 4.46. The minimum Gasteiger partial charge on any atom is -0.365 e. The molecule has 0 amide bonds. The van der Waals surface area contributed by atoms with Gasteiger partial charge in [0.15, 0.2) is 11.6 Å². The van der Waals surface area contributed by atoms with E-state index in [1.54, 1.807) is 11.0 Å². The number of rotatable bonds is 6. The van der Waals surface area contributed by atoms with Crippen molar-refractivity contribution < 1.29 is 4.39 Å². The summed E-state index contributed by atoms with van der Waals surface area (Å²) in [5.41, 5.74) is 2.90. The Bertz CT molecular complexity index is 1150. The zero-order chi connectivity index (χ0) is 24.1. The van der Waals surface area contributed by atoms with Gasteiger partial charge in [-0.05, 0) is 94.5 Å². The summed E-state index contributed by atoms with van der Waals surface area (Å²) in [6, 6.07) is 6.15. The molecule has 10 heteroatoms. The summed E-state index contributed by atoms with van der Waals surface area (Å²) < 4.78 is 16.3. The van der Waals surface area contributed by atoms with E-state index in [0.717, 1.165) is 24.2 Å². The smallest absolute Gasteiger partial charge is 0.229 e. The fraction of sp³-hybridized carbons (Fsp3) is 0.542. The van der Waals surface area contributed by atoms with E-state index >= 15 is 0 Å². The topological polar surface area (TPSA) is 96.7 Å². The Morgan fingerprint density at radius 1 is 1.09 bits per heavy atom. The average molecular weight is 466 g/mol. The minimum absolute atomic E-state index is 0.0140. The molecule has 9 nitrogen and oxygen atoms in total. The fourth-order valence-corrected chi connectivity index (χ4v) is 5.16. The van der Waals surface area contributed by atoms with Crippen LogP contribution in [0.3, 0.4) is 0 Å². The lowest BCUT2D eigenvalue weighted by atomic mass is 9.77. The van der Waals surface area contributed by atoms with Crippen LogP contribution >= 0.6 is 0 Å². The summed E-state index contributed by atoms with van der Waals surface area (Å²) in [5, 5.41) is 18.2. The Labute approximate surface area is 199 Å². The van der Waals surface area contributed by atoms with Gasteiger partial charge in [0.1, 0.15) is 6.33 Å². The van der Waals surface area contributed by atoms with Gasteiger partial charge in [-0.2, -0.15) is 4.98 Å². The van der Waals surface area contributed by atoms with E-state index < -0.39 is 5.82 Å². The molecule has 3 aromatic rings. The van der Waals surface area contributed by atoms with Crippen LogP contribution in [0.15, 0.2) is 30.7 Å². The number of hydrogen-bond donors (Lipinski definition) is 2. The Morgan fingerprint density at radius 3 is 2.47 bits per heavy atom. The van der Waals surface area contributed by atoms with Crippen LogP contribution in [0, 0.1) is 5.82 Å². The number of nitrogens with zero attached hydrogens (tertiary/aromatic N) is 7. The van der Waals surface area contributed by atoms with E-state index in [-0.39, 0.29) is 22.9 Å². The molecule has 1 aliphatic carbocycles. The van der Waals surface area contributed by atoms with Crippen molar-refractivity contribution in [2.75, 3.05) is 17.7 Å². The van der Waals surface area contributed by atoms with E-state index in [0.29, 0.717) is 11.9 Å². The zero-order valence-electron chi connectivity index (χ0n) is 20.4. The Hall–Kier alpha value is -3.14. The molecule has 34 heavy (non-hydrogen) atoms. The molecule has 180 valence electrons. The summed E-state index contributed by atoms with van der Waals surface area (Å²) in [5.74, 6) is 0.624. The first-order valence-corrected chi connectivity index (χ1v) is 11.8. The second-order valence-corrected chi connectivity index (χ2v) is 10.8. The van der Waals surface area contributed by atoms with Crippen molar-refractivity contribution in [1.82, 2.24) is 35.1 Å². The fourth-order valence-electron chi connectivity index (χ4n) is 5.16. The predicted octanol–water partition coefficient (Wildman–Crippen LogP) is 4.28. The minimum atomic E-state index is -0.460. The molecule has 2 N–H and O–H groups in total. The number of aromatic nitrogens is 6. The van der Waals surface area contributed by atoms with Crippen molar-refractivity contribution in [1.29, 1.82) is 0 Å². The predicted molar refractivity (Wildman–Crippen MR) is 129 cm³/mol. The number of nitrogens with one attached hydrogen (secondary N) is 2. The number of piperidine rings is 1. The highest BCUT2D eigenvalue weighted by Crippen LogP contribution is 2.43. The molecule has 1 saturated carbocycles. The van der Waals surface area contributed by atoms with Crippen molar-refractivity contribution in [3.8, 4) is 5.69 Å². The first kappa shape index (κ1) is 22.6. The maximum absolute atomic E-state index is 14.7. The number of likely N-dealkylation sites (tertiary alicyclic amines) is 1. The largest absolute Gasteiger partial charge is 0.365 e. The van der Waals surface area contributed by atoms with Gasteiger partial charge in [-0.25, -0.2) is 14.1 Å². The number of tetrazole rings is 1. The van der Waals surface area contributed by atoms with Crippen LogP contribution in [0.25, 0.3) is 5.69 Å². The van der Waals surface area contributed by atoms with E-state index in [1.807, 2.05) is 12.1 Å². The second-order valence-electron chi connectivity index (χ2n) is 10.8. The van der Waals surface area contributed by atoms with Crippen molar-refractivity contribution in [3.05, 3.63) is 42.1 Å². The monoisotopic (exact) mass is 465 g/mol. The first-order valence-electron chi connectivity index (χ1n) is 11.8.